The van der Waals surface area contributed by atoms with E-state index in [0.29, 0.717) is 42.5 Å². The summed E-state index contributed by atoms with van der Waals surface area (Å²) in [5, 5.41) is 3.33. The largest absolute Gasteiger partial charge is 0.375 e. The standard InChI is InChI=1S/C17H30N2O2/c1-11-5-6-15(21-11)7-8-16(20)19-17-12-3-2-4-13(17)10-14(18)9-12/h11-15,17H,2-10,18H2,1H3,(H,19,20). The lowest BCUT2D eigenvalue weighted by Gasteiger charge is -2.45. The first kappa shape index (κ1) is 15.3. The van der Waals surface area contributed by atoms with E-state index in [1.165, 1.54) is 19.3 Å². The van der Waals surface area contributed by atoms with Crippen LogP contribution in [-0.4, -0.2) is 30.2 Å². The number of carbonyl (C=O) groups is 1. The van der Waals surface area contributed by atoms with E-state index in [1.807, 2.05) is 0 Å². The zero-order valence-corrected chi connectivity index (χ0v) is 13.2. The van der Waals surface area contributed by atoms with Crippen molar-refractivity contribution in [3.05, 3.63) is 0 Å². The molecule has 1 amide bonds. The Hall–Kier alpha value is -0.610. The van der Waals surface area contributed by atoms with Crippen molar-refractivity contribution in [1.82, 2.24) is 5.32 Å². The quantitative estimate of drug-likeness (QED) is 0.836. The molecule has 0 radical (unpaired) electrons. The van der Waals surface area contributed by atoms with Gasteiger partial charge in [-0.25, -0.2) is 0 Å². The van der Waals surface area contributed by atoms with Gasteiger partial charge in [-0.1, -0.05) is 6.42 Å². The van der Waals surface area contributed by atoms with Crippen molar-refractivity contribution in [2.45, 2.75) is 89.0 Å². The number of nitrogens with one attached hydrogen (secondary N) is 1. The highest BCUT2D eigenvalue weighted by Gasteiger charge is 2.39. The summed E-state index contributed by atoms with van der Waals surface area (Å²) < 4.78 is 5.79. The molecule has 0 aromatic heterocycles. The summed E-state index contributed by atoms with van der Waals surface area (Å²) in [6.45, 7) is 2.12. The molecule has 2 aliphatic carbocycles. The van der Waals surface area contributed by atoms with Gasteiger partial charge in [-0.15, -0.1) is 0 Å². The predicted molar refractivity (Wildman–Crippen MR) is 82.8 cm³/mol. The van der Waals surface area contributed by atoms with Gasteiger partial charge in [-0.05, 0) is 63.7 Å². The van der Waals surface area contributed by atoms with Gasteiger partial charge in [0.1, 0.15) is 0 Å². The molecule has 4 unspecified atom stereocenters. The third kappa shape index (κ3) is 3.78. The summed E-state index contributed by atoms with van der Waals surface area (Å²) >= 11 is 0. The van der Waals surface area contributed by atoms with E-state index < -0.39 is 0 Å². The molecule has 4 heteroatoms. The number of hydrogen-bond acceptors (Lipinski definition) is 3. The summed E-state index contributed by atoms with van der Waals surface area (Å²) in [7, 11) is 0. The summed E-state index contributed by atoms with van der Waals surface area (Å²) in [4.78, 5) is 12.3. The lowest BCUT2D eigenvalue weighted by molar-refractivity contribution is -0.124. The van der Waals surface area contributed by atoms with Crippen molar-refractivity contribution in [3.63, 3.8) is 0 Å². The van der Waals surface area contributed by atoms with Crippen LogP contribution in [0, 0.1) is 11.8 Å². The lowest BCUT2D eigenvalue weighted by atomic mass is 9.67. The lowest BCUT2D eigenvalue weighted by Crippen LogP contribution is -2.53. The molecule has 0 aromatic rings. The van der Waals surface area contributed by atoms with Crippen molar-refractivity contribution in [2.24, 2.45) is 17.6 Å². The fourth-order valence-corrected chi connectivity index (χ4v) is 4.67. The SMILES string of the molecule is CC1CCC(CCC(=O)NC2C3CCCC2CC(N)C3)O1. The molecule has 4 atom stereocenters. The number of carbonyl (C=O) groups excluding carboxylic acids is 1. The Kier molecular flexibility index (Phi) is 4.85. The van der Waals surface area contributed by atoms with Crippen LogP contribution in [-0.2, 0) is 9.53 Å². The van der Waals surface area contributed by atoms with Crippen LogP contribution in [0.3, 0.4) is 0 Å². The van der Waals surface area contributed by atoms with Gasteiger partial charge in [0.2, 0.25) is 5.91 Å². The minimum absolute atomic E-state index is 0.218. The number of nitrogens with two attached hydrogens (primary N) is 1. The summed E-state index contributed by atoms with van der Waals surface area (Å²) in [5.41, 5.74) is 6.14. The van der Waals surface area contributed by atoms with Crippen LogP contribution in [0.25, 0.3) is 0 Å². The smallest absolute Gasteiger partial charge is 0.220 e. The normalized spacial score (nSPS) is 42.8. The molecule has 3 fully saturated rings. The number of rotatable bonds is 4. The van der Waals surface area contributed by atoms with Gasteiger partial charge in [-0.3, -0.25) is 4.79 Å². The van der Waals surface area contributed by atoms with Crippen molar-refractivity contribution >= 4 is 5.91 Å². The van der Waals surface area contributed by atoms with Gasteiger partial charge < -0.3 is 15.8 Å². The first-order valence-electron chi connectivity index (χ1n) is 8.82. The van der Waals surface area contributed by atoms with Crippen LogP contribution in [0.15, 0.2) is 0 Å². The molecule has 1 heterocycles. The predicted octanol–water partition coefficient (Wildman–Crippen LogP) is 2.36. The van der Waals surface area contributed by atoms with Gasteiger partial charge in [0.05, 0.1) is 12.2 Å². The van der Waals surface area contributed by atoms with Gasteiger partial charge in [0, 0.05) is 18.5 Å². The zero-order valence-electron chi connectivity index (χ0n) is 13.2. The summed E-state index contributed by atoms with van der Waals surface area (Å²) in [5.74, 6) is 1.44. The summed E-state index contributed by atoms with van der Waals surface area (Å²) in [6, 6.07) is 0.733. The van der Waals surface area contributed by atoms with Crippen molar-refractivity contribution in [2.75, 3.05) is 0 Å². The Labute approximate surface area is 128 Å². The van der Waals surface area contributed by atoms with Crippen LogP contribution < -0.4 is 11.1 Å². The third-order valence-electron chi connectivity index (χ3n) is 5.72. The van der Waals surface area contributed by atoms with Gasteiger partial charge in [0.25, 0.3) is 0 Å². The van der Waals surface area contributed by atoms with Crippen LogP contribution in [0.1, 0.15) is 64.7 Å². The van der Waals surface area contributed by atoms with E-state index in [2.05, 4.69) is 12.2 Å². The molecule has 1 aliphatic heterocycles. The molecular formula is C17H30N2O2. The molecule has 0 spiro atoms. The number of fused-ring (bicyclic) bond motifs is 2. The monoisotopic (exact) mass is 294 g/mol. The van der Waals surface area contributed by atoms with E-state index in [-0.39, 0.29) is 5.91 Å². The third-order valence-corrected chi connectivity index (χ3v) is 5.72. The van der Waals surface area contributed by atoms with Crippen LogP contribution in [0.5, 0.6) is 0 Å². The highest BCUT2D eigenvalue weighted by atomic mass is 16.5. The maximum absolute atomic E-state index is 12.3. The maximum Gasteiger partial charge on any atom is 0.220 e. The molecule has 2 bridgehead atoms. The number of amides is 1. The molecule has 120 valence electrons. The Morgan fingerprint density at radius 1 is 1.19 bits per heavy atom. The minimum atomic E-state index is 0.218. The Bertz CT molecular complexity index is 360. The first-order chi connectivity index (χ1) is 10.1. The molecule has 21 heavy (non-hydrogen) atoms. The summed E-state index contributed by atoms with van der Waals surface area (Å²) in [6.07, 6.45) is 10.3. The van der Waals surface area contributed by atoms with E-state index in [1.54, 1.807) is 0 Å². The Morgan fingerprint density at radius 3 is 2.52 bits per heavy atom. The van der Waals surface area contributed by atoms with E-state index >= 15 is 0 Å². The minimum Gasteiger partial charge on any atom is -0.375 e. The molecule has 3 N–H and O–H groups in total. The highest BCUT2D eigenvalue weighted by molar-refractivity contribution is 5.76. The second-order valence-electron chi connectivity index (χ2n) is 7.46. The van der Waals surface area contributed by atoms with Crippen molar-refractivity contribution in [3.8, 4) is 0 Å². The van der Waals surface area contributed by atoms with Crippen molar-refractivity contribution in [1.29, 1.82) is 0 Å². The molecule has 0 aromatic carbocycles. The second-order valence-corrected chi connectivity index (χ2v) is 7.46. The Balaban J connectivity index is 1.46. The molecule has 1 saturated heterocycles. The van der Waals surface area contributed by atoms with E-state index in [4.69, 9.17) is 10.5 Å². The molecule has 2 saturated carbocycles. The zero-order chi connectivity index (χ0) is 14.8. The average molecular weight is 294 g/mol. The molecule has 3 rings (SSSR count). The Morgan fingerprint density at radius 2 is 1.90 bits per heavy atom. The molecule has 3 aliphatic rings. The molecule has 4 nitrogen and oxygen atoms in total. The topological polar surface area (TPSA) is 64.4 Å². The average Bonchev–Trinajstić information content (AvgIpc) is 2.83. The first-order valence-corrected chi connectivity index (χ1v) is 8.82. The van der Waals surface area contributed by atoms with Crippen molar-refractivity contribution < 1.29 is 9.53 Å². The number of hydrogen-bond donors (Lipinski definition) is 2. The second kappa shape index (κ2) is 6.66. The van der Waals surface area contributed by atoms with Crippen LogP contribution in [0.2, 0.25) is 0 Å². The van der Waals surface area contributed by atoms with Crippen LogP contribution >= 0.6 is 0 Å². The van der Waals surface area contributed by atoms with Gasteiger partial charge in [-0.2, -0.15) is 0 Å². The van der Waals surface area contributed by atoms with E-state index in [9.17, 15) is 4.79 Å². The van der Waals surface area contributed by atoms with Gasteiger partial charge in [0.15, 0.2) is 0 Å². The van der Waals surface area contributed by atoms with Gasteiger partial charge >= 0.3 is 0 Å². The fourth-order valence-electron chi connectivity index (χ4n) is 4.67. The maximum atomic E-state index is 12.3. The van der Waals surface area contributed by atoms with E-state index in [0.717, 1.165) is 32.1 Å². The molecular weight excluding hydrogens is 264 g/mol. The highest BCUT2D eigenvalue weighted by Crippen LogP contribution is 2.39. The number of ether oxygens (including phenoxy) is 1. The van der Waals surface area contributed by atoms with Crippen LogP contribution in [0.4, 0.5) is 0 Å². The fraction of sp³-hybridized carbons (Fsp3) is 0.941.